The van der Waals surface area contributed by atoms with Crippen LogP contribution in [0.4, 0.5) is 0 Å². The monoisotopic (exact) mass is 280 g/mol. The van der Waals surface area contributed by atoms with E-state index in [0.29, 0.717) is 6.42 Å². The van der Waals surface area contributed by atoms with Gasteiger partial charge >= 0.3 is 11.9 Å². The molecule has 3 N–H and O–H groups in total. The van der Waals surface area contributed by atoms with Crippen molar-refractivity contribution in [2.45, 2.75) is 31.7 Å². The molecular weight excluding hydrogens is 264 g/mol. The summed E-state index contributed by atoms with van der Waals surface area (Å²) in [7, 11) is 0. The number of pyridine rings is 1. The number of hydrogen-bond donors (Lipinski definition) is 3. The molecule has 1 amide bonds. The molecule has 1 rings (SSSR count). The number of aryl methyl sites for hydroxylation is 1. The first-order chi connectivity index (χ1) is 9.49. The first kappa shape index (κ1) is 15.6. The van der Waals surface area contributed by atoms with Gasteiger partial charge in [0.1, 0.15) is 6.04 Å². The number of carbonyl (C=O) groups excluding carboxylic acids is 1. The molecule has 0 aliphatic carbocycles. The summed E-state index contributed by atoms with van der Waals surface area (Å²) in [5, 5.41) is 19.7. The number of aliphatic carboxylic acids is 2. The highest BCUT2D eigenvalue weighted by Crippen LogP contribution is 2.01. The quantitative estimate of drug-likeness (QED) is 0.636. The molecule has 0 fully saturated rings. The average molecular weight is 280 g/mol. The van der Waals surface area contributed by atoms with Gasteiger partial charge in [-0.25, -0.2) is 4.79 Å². The van der Waals surface area contributed by atoms with Gasteiger partial charge in [-0.05, 0) is 25.0 Å². The third kappa shape index (κ3) is 5.94. The normalized spacial score (nSPS) is 11.6. The highest BCUT2D eigenvalue weighted by atomic mass is 16.4. The molecule has 7 nitrogen and oxygen atoms in total. The molecule has 1 unspecified atom stereocenters. The first-order valence-corrected chi connectivity index (χ1v) is 6.13. The maximum Gasteiger partial charge on any atom is 0.326 e. The van der Waals surface area contributed by atoms with Crippen molar-refractivity contribution < 1.29 is 24.6 Å². The SMILES string of the molecule is O=C(O)CCC(NC(=O)CCc1ccccn1)C(=O)O. The summed E-state index contributed by atoms with van der Waals surface area (Å²) in [5.74, 6) is -2.77. The van der Waals surface area contributed by atoms with Crippen LogP contribution in [0.15, 0.2) is 24.4 Å². The van der Waals surface area contributed by atoms with Crippen LogP contribution in [-0.2, 0) is 20.8 Å². The minimum atomic E-state index is -1.24. The van der Waals surface area contributed by atoms with Gasteiger partial charge < -0.3 is 15.5 Å². The molecule has 1 atom stereocenters. The minimum Gasteiger partial charge on any atom is -0.481 e. The smallest absolute Gasteiger partial charge is 0.326 e. The van der Waals surface area contributed by atoms with Gasteiger partial charge in [-0.3, -0.25) is 14.6 Å². The van der Waals surface area contributed by atoms with Gasteiger partial charge in [0.25, 0.3) is 0 Å². The summed E-state index contributed by atoms with van der Waals surface area (Å²) in [4.78, 5) is 37.0. The lowest BCUT2D eigenvalue weighted by molar-refractivity contribution is -0.143. The second-order valence-corrected chi connectivity index (χ2v) is 4.21. The number of nitrogens with zero attached hydrogens (tertiary/aromatic N) is 1. The molecule has 0 aromatic carbocycles. The lowest BCUT2D eigenvalue weighted by atomic mass is 10.1. The van der Waals surface area contributed by atoms with E-state index in [-0.39, 0.29) is 19.3 Å². The molecular formula is C13H16N2O5. The lowest BCUT2D eigenvalue weighted by Crippen LogP contribution is -2.41. The van der Waals surface area contributed by atoms with Crippen LogP contribution in [0.2, 0.25) is 0 Å². The fourth-order valence-electron chi connectivity index (χ4n) is 1.58. The minimum absolute atomic E-state index is 0.105. The summed E-state index contributed by atoms with van der Waals surface area (Å²) in [6.45, 7) is 0. The van der Waals surface area contributed by atoms with E-state index in [1.54, 1.807) is 24.4 Å². The van der Waals surface area contributed by atoms with E-state index >= 15 is 0 Å². The van der Waals surface area contributed by atoms with E-state index in [1.807, 2.05) is 0 Å². The van der Waals surface area contributed by atoms with Gasteiger partial charge in [0.15, 0.2) is 0 Å². The molecule has 0 saturated carbocycles. The molecule has 108 valence electrons. The Morgan fingerprint density at radius 1 is 1.20 bits per heavy atom. The molecule has 7 heteroatoms. The molecule has 1 aromatic rings. The van der Waals surface area contributed by atoms with Gasteiger partial charge in [-0.2, -0.15) is 0 Å². The third-order valence-corrected chi connectivity index (χ3v) is 2.61. The van der Waals surface area contributed by atoms with E-state index in [4.69, 9.17) is 10.2 Å². The molecule has 1 heterocycles. The molecule has 0 radical (unpaired) electrons. The Morgan fingerprint density at radius 2 is 1.95 bits per heavy atom. The number of carboxylic acid groups (broad SMARTS) is 2. The maximum atomic E-state index is 11.6. The number of carboxylic acids is 2. The van der Waals surface area contributed by atoms with Crippen LogP contribution in [-0.4, -0.2) is 39.1 Å². The van der Waals surface area contributed by atoms with Crippen LogP contribution in [0, 0.1) is 0 Å². The van der Waals surface area contributed by atoms with Crippen molar-refractivity contribution in [2.24, 2.45) is 0 Å². The fraction of sp³-hybridized carbons (Fsp3) is 0.385. The fourth-order valence-corrected chi connectivity index (χ4v) is 1.58. The van der Waals surface area contributed by atoms with E-state index in [1.165, 1.54) is 0 Å². The topological polar surface area (TPSA) is 117 Å². The highest BCUT2D eigenvalue weighted by Gasteiger charge is 2.20. The zero-order valence-electron chi connectivity index (χ0n) is 10.8. The predicted molar refractivity (Wildman–Crippen MR) is 69.0 cm³/mol. The summed E-state index contributed by atoms with van der Waals surface area (Å²) >= 11 is 0. The van der Waals surface area contributed by atoms with Crippen LogP contribution in [0.5, 0.6) is 0 Å². The number of carbonyl (C=O) groups is 3. The highest BCUT2D eigenvalue weighted by molar-refractivity contribution is 5.84. The zero-order chi connectivity index (χ0) is 15.0. The number of nitrogens with one attached hydrogen (secondary N) is 1. The van der Waals surface area contributed by atoms with E-state index < -0.39 is 23.9 Å². The summed E-state index contributed by atoms with van der Waals surface area (Å²) < 4.78 is 0. The van der Waals surface area contributed by atoms with Gasteiger partial charge in [-0.1, -0.05) is 6.07 Å². The van der Waals surface area contributed by atoms with Crippen LogP contribution in [0.3, 0.4) is 0 Å². The van der Waals surface area contributed by atoms with E-state index in [0.717, 1.165) is 5.69 Å². The third-order valence-electron chi connectivity index (χ3n) is 2.61. The van der Waals surface area contributed by atoms with Crippen molar-refractivity contribution in [3.8, 4) is 0 Å². The Morgan fingerprint density at radius 3 is 2.50 bits per heavy atom. The Kier molecular flexibility index (Phi) is 6.15. The maximum absolute atomic E-state index is 11.6. The first-order valence-electron chi connectivity index (χ1n) is 6.13. The Bertz CT molecular complexity index is 475. The lowest BCUT2D eigenvalue weighted by Gasteiger charge is -2.13. The number of amides is 1. The second-order valence-electron chi connectivity index (χ2n) is 4.21. The van der Waals surface area contributed by atoms with Crippen molar-refractivity contribution in [1.29, 1.82) is 0 Å². The van der Waals surface area contributed by atoms with Crippen molar-refractivity contribution in [3.05, 3.63) is 30.1 Å². The largest absolute Gasteiger partial charge is 0.481 e. The summed E-state index contributed by atoms with van der Waals surface area (Å²) in [6, 6.07) is 4.15. The molecule has 20 heavy (non-hydrogen) atoms. The van der Waals surface area contributed by atoms with Crippen LogP contribution >= 0.6 is 0 Å². The number of hydrogen-bond acceptors (Lipinski definition) is 4. The van der Waals surface area contributed by atoms with Crippen LogP contribution < -0.4 is 5.32 Å². The predicted octanol–water partition coefficient (Wildman–Crippen LogP) is 0.448. The van der Waals surface area contributed by atoms with Crippen LogP contribution in [0.1, 0.15) is 25.0 Å². The average Bonchev–Trinajstić information content (AvgIpc) is 2.41. The standard InChI is InChI=1S/C13H16N2O5/c16-11(6-4-9-3-1-2-8-14-9)15-10(13(19)20)5-7-12(17)18/h1-3,8,10H,4-7H2,(H,15,16)(H,17,18)(H,19,20). The van der Waals surface area contributed by atoms with E-state index in [9.17, 15) is 14.4 Å². The molecule has 0 spiro atoms. The molecule has 1 aromatic heterocycles. The zero-order valence-corrected chi connectivity index (χ0v) is 10.8. The second kappa shape index (κ2) is 7.88. The van der Waals surface area contributed by atoms with Crippen molar-refractivity contribution in [1.82, 2.24) is 10.3 Å². The molecule has 0 aliphatic rings. The van der Waals surface area contributed by atoms with E-state index in [2.05, 4.69) is 10.3 Å². The van der Waals surface area contributed by atoms with Crippen molar-refractivity contribution in [3.63, 3.8) is 0 Å². The van der Waals surface area contributed by atoms with Gasteiger partial charge in [0.05, 0.1) is 0 Å². The van der Waals surface area contributed by atoms with Crippen molar-refractivity contribution >= 4 is 17.8 Å². The molecule has 0 saturated heterocycles. The number of rotatable bonds is 8. The Hall–Kier alpha value is -2.44. The number of aromatic nitrogens is 1. The Labute approximate surface area is 115 Å². The van der Waals surface area contributed by atoms with Gasteiger partial charge in [-0.15, -0.1) is 0 Å². The molecule has 0 bridgehead atoms. The Balaban J connectivity index is 2.41. The molecule has 0 aliphatic heterocycles. The van der Waals surface area contributed by atoms with Gasteiger partial charge in [0.2, 0.25) is 5.91 Å². The summed E-state index contributed by atoms with van der Waals surface area (Å²) in [6.07, 6.45) is 1.67. The van der Waals surface area contributed by atoms with Gasteiger partial charge in [0, 0.05) is 24.7 Å². The van der Waals surface area contributed by atoms with Crippen molar-refractivity contribution in [2.75, 3.05) is 0 Å². The summed E-state index contributed by atoms with van der Waals surface area (Å²) in [5.41, 5.74) is 0.736. The van der Waals surface area contributed by atoms with Crippen LogP contribution in [0.25, 0.3) is 0 Å².